The maximum atomic E-state index is 11.9. The molecular weight excluding hydrogens is 318 g/mol. The van der Waals surface area contributed by atoms with Crippen molar-refractivity contribution in [3.05, 3.63) is 65.9 Å². The molecule has 0 aliphatic carbocycles. The standard InChI is InChI=1S/C18H15N5O2/c24-17(25)15-14-4-9-23(18-20-5-1-6-21-18)11-13(14)10-22-16(15)12-2-7-19-8-3-12/h1-3,5-8,10H,4,9,11H2,(H,24,25). The third-order valence-corrected chi connectivity index (χ3v) is 4.27. The van der Waals surface area contributed by atoms with Crippen LogP contribution in [0.4, 0.5) is 5.95 Å². The van der Waals surface area contributed by atoms with Gasteiger partial charge in [0.15, 0.2) is 0 Å². The molecule has 4 heterocycles. The summed E-state index contributed by atoms with van der Waals surface area (Å²) < 4.78 is 0. The third kappa shape index (κ3) is 2.80. The van der Waals surface area contributed by atoms with E-state index in [1.165, 1.54) is 0 Å². The smallest absolute Gasteiger partial charge is 0.338 e. The monoisotopic (exact) mass is 333 g/mol. The van der Waals surface area contributed by atoms with Crippen molar-refractivity contribution < 1.29 is 9.90 Å². The molecule has 1 aliphatic rings. The number of hydrogen-bond donors (Lipinski definition) is 1. The van der Waals surface area contributed by atoms with Gasteiger partial charge in [0.1, 0.15) is 0 Å². The van der Waals surface area contributed by atoms with Gasteiger partial charge in [0.25, 0.3) is 0 Å². The normalized spacial score (nSPS) is 13.4. The molecule has 25 heavy (non-hydrogen) atoms. The van der Waals surface area contributed by atoms with Crippen LogP contribution in [0.15, 0.2) is 49.2 Å². The lowest BCUT2D eigenvalue weighted by molar-refractivity contribution is 0.0696. The zero-order chi connectivity index (χ0) is 17.2. The number of carboxylic acid groups (broad SMARTS) is 1. The maximum Gasteiger partial charge on any atom is 0.338 e. The van der Waals surface area contributed by atoms with E-state index < -0.39 is 5.97 Å². The van der Waals surface area contributed by atoms with Gasteiger partial charge in [0.2, 0.25) is 5.95 Å². The molecule has 0 aromatic carbocycles. The van der Waals surface area contributed by atoms with Gasteiger partial charge in [-0.05, 0) is 35.7 Å². The summed E-state index contributed by atoms with van der Waals surface area (Å²) in [7, 11) is 0. The van der Waals surface area contributed by atoms with Gasteiger partial charge < -0.3 is 10.0 Å². The molecule has 0 saturated heterocycles. The molecule has 0 radical (unpaired) electrons. The Labute approximate surface area is 144 Å². The summed E-state index contributed by atoms with van der Waals surface area (Å²) in [6.45, 7) is 1.21. The number of hydrogen-bond acceptors (Lipinski definition) is 6. The lowest BCUT2D eigenvalue weighted by Gasteiger charge is -2.29. The van der Waals surface area contributed by atoms with Gasteiger partial charge in [-0.1, -0.05) is 0 Å². The number of carboxylic acids is 1. The predicted molar refractivity (Wildman–Crippen MR) is 91.2 cm³/mol. The minimum atomic E-state index is -0.958. The minimum Gasteiger partial charge on any atom is -0.478 e. The molecule has 1 aliphatic heterocycles. The average Bonchev–Trinajstić information content (AvgIpc) is 2.68. The van der Waals surface area contributed by atoms with Crippen molar-refractivity contribution in [3.63, 3.8) is 0 Å². The van der Waals surface area contributed by atoms with Crippen LogP contribution in [0.2, 0.25) is 0 Å². The first kappa shape index (κ1) is 15.2. The highest BCUT2D eigenvalue weighted by molar-refractivity contribution is 5.96. The van der Waals surface area contributed by atoms with Crippen LogP contribution in [0, 0.1) is 0 Å². The van der Waals surface area contributed by atoms with E-state index in [1.807, 2.05) is 4.90 Å². The number of aromatic nitrogens is 4. The first-order valence-electron chi connectivity index (χ1n) is 7.90. The molecule has 7 nitrogen and oxygen atoms in total. The van der Waals surface area contributed by atoms with E-state index in [0.29, 0.717) is 31.2 Å². The molecule has 0 atom stereocenters. The molecule has 124 valence electrons. The molecule has 0 unspecified atom stereocenters. The fraction of sp³-hybridized carbons (Fsp3) is 0.167. The molecule has 0 bridgehead atoms. The summed E-state index contributed by atoms with van der Waals surface area (Å²) in [6.07, 6.45) is 9.03. The molecule has 3 aromatic heterocycles. The second-order valence-electron chi connectivity index (χ2n) is 5.75. The van der Waals surface area contributed by atoms with Gasteiger partial charge in [0, 0.05) is 49.6 Å². The van der Waals surface area contributed by atoms with Gasteiger partial charge in [0.05, 0.1) is 11.3 Å². The summed E-state index contributed by atoms with van der Waals surface area (Å²) in [6, 6.07) is 5.31. The van der Waals surface area contributed by atoms with E-state index in [0.717, 1.165) is 16.7 Å². The second kappa shape index (κ2) is 6.27. The Morgan fingerprint density at radius 3 is 2.56 bits per heavy atom. The second-order valence-corrected chi connectivity index (χ2v) is 5.75. The third-order valence-electron chi connectivity index (χ3n) is 4.27. The summed E-state index contributed by atoms with van der Waals surface area (Å²) >= 11 is 0. The lowest BCUT2D eigenvalue weighted by Crippen LogP contribution is -2.33. The molecule has 0 fully saturated rings. The Hall–Kier alpha value is -3.35. The Morgan fingerprint density at radius 1 is 1.08 bits per heavy atom. The van der Waals surface area contributed by atoms with Crippen LogP contribution in [0.25, 0.3) is 11.3 Å². The van der Waals surface area contributed by atoms with Crippen LogP contribution in [0.3, 0.4) is 0 Å². The van der Waals surface area contributed by atoms with Crippen molar-refractivity contribution in [3.8, 4) is 11.3 Å². The quantitative estimate of drug-likeness (QED) is 0.785. The van der Waals surface area contributed by atoms with Gasteiger partial charge >= 0.3 is 5.97 Å². The number of nitrogens with zero attached hydrogens (tertiary/aromatic N) is 5. The minimum absolute atomic E-state index is 0.275. The van der Waals surface area contributed by atoms with Crippen LogP contribution in [-0.2, 0) is 13.0 Å². The number of aromatic carboxylic acids is 1. The lowest BCUT2D eigenvalue weighted by atomic mass is 9.93. The van der Waals surface area contributed by atoms with Gasteiger partial charge in [-0.2, -0.15) is 0 Å². The SMILES string of the molecule is O=C(O)c1c(-c2ccncc2)ncc2c1CCN(c1ncccn1)C2. The Balaban J connectivity index is 1.77. The van der Waals surface area contributed by atoms with Crippen LogP contribution >= 0.6 is 0 Å². The Morgan fingerprint density at radius 2 is 1.84 bits per heavy atom. The van der Waals surface area contributed by atoms with Crippen LogP contribution in [0.5, 0.6) is 0 Å². The number of rotatable bonds is 3. The highest BCUT2D eigenvalue weighted by atomic mass is 16.4. The van der Waals surface area contributed by atoms with E-state index in [9.17, 15) is 9.90 Å². The molecular formula is C18H15N5O2. The number of fused-ring (bicyclic) bond motifs is 1. The van der Waals surface area contributed by atoms with Crippen LogP contribution in [-0.4, -0.2) is 37.6 Å². The molecule has 1 N–H and O–H groups in total. The van der Waals surface area contributed by atoms with E-state index in [1.54, 1.807) is 49.2 Å². The predicted octanol–water partition coefficient (Wildman–Crippen LogP) is 2.19. The van der Waals surface area contributed by atoms with Crippen LogP contribution < -0.4 is 4.90 Å². The highest BCUT2D eigenvalue weighted by Gasteiger charge is 2.26. The zero-order valence-corrected chi connectivity index (χ0v) is 13.3. The average molecular weight is 333 g/mol. The van der Waals surface area contributed by atoms with Crippen molar-refractivity contribution in [2.45, 2.75) is 13.0 Å². The summed E-state index contributed by atoms with van der Waals surface area (Å²) in [5.74, 6) is -0.316. The fourth-order valence-corrected chi connectivity index (χ4v) is 3.13. The molecule has 4 rings (SSSR count). The summed E-state index contributed by atoms with van der Waals surface area (Å²) in [4.78, 5) is 30.9. The van der Waals surface area contributed by atoms with E-state index in [2.05, 4.69) is 19.9 Å². The van der Waals surface area contributed by atoms with Gasteiger partial charge in [-0.3, -0.25) is 9.97 Å². The van der Waals surface area contributed by atoms with E-state index in [-0.39, 0.29) is 5.56 Å². The first-order chi connectivity index (χ1) is 12.2. The zero-order valence-electron chi connectivity index (χ0n) is 13.3. The summed E-state index contributed by atoms with van der Waals surface area (Å²) in [5, 5.41) is 9.77. The fourth-order valence-electron chi connectivity index (χ4n) is 3.13. The van der Waals surface area contributed by atoms with Crippen molar-refractivity contribution in [1.82, 2.24) is 19.9 Å². The van der Waals surface area contributed by atoms with E-state index in [4.69, 9.17) is 0 Å². The molecule has 0 amide bonds. The first-order valence-corrected chi connectivity index (χ1v) is 7.90. The highest BCUT2D eigenvalue weighted by Crippen LogP contribution is 2.30. The van der Waals surface area contributed by atoms with E-state index >= 15 is 0 Å². The Bertz CT molecular complexity index is 916. The molecule has 0 spiro atoms. The summed E-state index contributed by atoms with van der Waals surface area (Å²) in [5.41, 5.74) is 3.25. The van der Waals surface area contributed by atoms with Gasteiger partial charge in [-0.25, -0.2) is 14.8 Å². The topological polar surface area (TPSA) is 92.1 Å². The molecule has 0 saturated carbocycles. The van der Waals surface area contributed by atoms with Crippen molar-refractivity contribution >= 4 is 11.9 Å². The van der Waals surface area contributed by atoms with Crippen molar-refractivity contribution in [2.24, 2.45) is 0 Å². The van der Waals surface area contributed by atoms with Crippen molar-refractivity contribution in [2.75, 3.05) is 11.4 Å². The van der Waals surface area contributed by atoms with Crippen LogP contribution in [0.1, 0.15) is 21.5 Å². The number of pyridine rings is 2. The molecule has 3 aromatic rings. The van der Waals surface area contributed by atoms with Gasteiger partial charge in [-0.15, -0.1) is 0 Å². The largest absolute Gasteiger partial charge is 0.478 e. The maximum absolute atomic E-state index is 11.9. The Kier molecular flexibility index (Phi) is 3.81. The number of carbonyl (C=O) groups is 1. The van der Waals surface area contributed by atoms with Crippen molar-refractivity contribution in [1.29, 1.82) is 0 Å². The molecule has 7 heteroatoms. The number of anilines is 1.